The van der Waals surface area contributed by atoms with Crippen molar-refractivity contribution in [3.05, 3.63) is 69.2 Å². The zero-order chi connectivity index (χ0) is 23.8. The van der Waals surface area contributed by atoms with E-state index in [2.05, 4.69) is 36.5 Å². The van der Waals surface area contributed by atoms with Crippen LogP contribution in [0.1, 0.15) is 55.7 Å². The number of aryl methyl sites for hydroxylation is 1. The first kappa shape index (κ1) is 25.9. The average molecular weight is 508 g/mol. The number of thioether (sulfide) groups is 1. The summed E-state index contributed by atoms with van der Waals surface area (Å²) in [7, 11) is 0. The van der Waals surface area contributed by atoms with Crippen molar-refractivity contribution in [1.29, 1.82) is 0 Å². The number of carbonyl (C=O) groups excluding carboxylic acids is 2. The van der Waals surface area contributed by atoms with E-state index < -0.39 is 6.04 Å². The molecule has 1 aliphatic carbocycles. The van der Waals surface area contributed by atoms with Gasteiger partial charge in [-0.15, -0.1) is 11.8 Å². The number of nitrogens with one attached hydrogen (secondary N) is 1. The van der Waals surface area contributed by atoms with Crippen LogP contribution in [-0.2, 0) is 21.9 Å². The lowest BCUT2D eigenvalue weighted by Crippen LogP contribution is -2.51. The van der Waals surface area contributed by atoms with Gasteiger partial charge in [0.15, 0.2) is 0 Å². The predicted molar refractivity (Wildman–Crippen MR) is 139 cm³/mol. The van der Waals surface area contributed by atoms with Gasteiger partial charge in [0.25, 0.3) is 0 Å². The highest BCUT2D eigenvalue weighted by Gasteiger charge is 2.30. The number of halogens is 2. The minimum atomic E-state index is -0.521. The predicted octanol–water partition coefficient (Wildman–Crippen LogP) is 6.40. The first-order valence-corrected chi connectivity index (χ1v) is 13.5. The van der Waals surface area contributed by atoms with Crippen molar-refractivity contribution < 1.29 is 9.59 Å². The van der Waals surface area contributed by atoms with Gasteiger partial charge in [0.2, 0.25) is 11.8 Å². The lowest BCUT2D eigenvalue weighted by molar-refractivity contribution is -0.139. The summed E-state index contributed by atoms with van der Waals surface area (Å²) < 4.78 is 0. The van der Waals surface area contributed by atoms with Crippen LogP contribution < -0.4 is 5.32 Å². The van der Waals surface area contributed by atoms with E-state index in [-0.39, 0.29) is 17.9 Å². The second kappa shape index (κ2) is 12.7. The zero-order valence-corrected chi connectivity index (χ0v) is 21.6. The SMILES string of the molecule is CC[C@H](C(=O)NC1CCCC1)N(Cc1ccc(Cl)c(Cl)c1)C(=O)CSCc1ccc(C)cc1. The smallest absolute Gasteiger partial charge is 0.243 e. The van der Waals surface area contributed by atoms with Gasteiger partial charge in [0, 0.05) is 18.3 Å². The van der Waals surface area contributed by atoms with Crippen LogP contribution in [0.25, 0.3) is 0 Å². The lowest BCUT2D eigenvalue weighted by Gasteiger charge is -2.31. The molecule has 0 aliphatic heterocycles. The lowest BCUT2D eigenvalue weighted by atomic mass is 10.1. The Bertz CT molecular complexity index is 946. The quantitative estimate of drug-likeness (QED) is 0.405. The summed E-state index contributed by atoms with van der Waals surface area (Å²) in [6.07, 6.45) is 4.85. The van der Waals surface area contributed by atoms with Crippen molar-refractivity contribution >= 4 is 46.8 Å². The highest BCUT2D eigenvalue weighted by atomic mass is 35.5. The Morgan fingerprint density at radius 3 is 2.36 bits per heavy atom. The fourth-order valence-electron chi connectivity index (χ4n) is 4.15. The molecule has 2 amide bonds. The Hall–Kier alpha value is -1.69. The monoisotopic (exact) mass is 506 g/mol. The van der Waals surface area contributed by atoms with Crippen molar-refractivity contribution in [2.24, 2.45) is 0 Å². The van der Waals surface area contributed by atoms with Crippen LogP contribution in [0.15, 0.2) is 42.5 Å². The minimum absolute atomic E-state index is 0.0494. The molecule has 1 fully saturated rings. The molecule has 1 saturated carbocycles. The van der Waals surface area contributed by atoms with E-state index >= 15 is 0 Å². The molecule has 1 atom stereocenters. The summed E-state index contributed by atoms with van der Waals surface area (Å²) in [4.78, 5) is 28.2. The van der Waals surface area contributed by atoms with E-state index in [0.717, 1.165) is 37.0 Å². The van der Waals surface area contributed by atoms with Crippen LogP contribution in [0.3, 0.4) is 0 Å². The van der Waals surface area contributed by atoms with Gasteiger partial charge in [0.1, 0.15) is 6.04 Å². The fraction of sp³-hybridized carbons (Fsp3) is 0.462. The molecule has 0 unspecified atom stereocenters. The second-order valence-electron chi connectivity index (χ2n) is 8.66. The van der Waals surface area contributed by atoms with Crippen LogP contribution in [0.5, 0.6) is 0 Å². The molecule has 7 heteroatoms. The maximum atomic E-state index is 13.4. The largest absolute Gasteiger partial charge is 0.352 e. The Morgan fingerprint density at radius 2 is 1.73 bits per heavy atom. The average Bonchev–Trinajstić information content (AvgIpc) is 3.30. The molecular formula is C26H32Cl2N2O2S. The second-order valence-corrected chi connectivity index (χ2v) is 10.5. The van der Waals surface area contributed by atoms with Crippen molar-refractivity contribution in [2.75, 3.05) is 5.75 Å². The van der Waals surface area contributed by atoms with Gasteiger partial charge in [-0.25, -0.2) is 0 Å². The molecule has 0 aromatic heterocycles. The number of rotatable bonds is 10. The summed E-state index contributed by atoms with van der Waals surface area (Å²) in [5.41, 5.74) is 3.25. The van der Waals surface area contributed by atoms with E-state index in [9.17, 15) is 9.59 Å². The van der Waals surface area contributed by atoms with Crippen molar-refractivity contribution in [1.82, 2.24) is 10.2 Å². The molecule has 178 valence electrons. The van der Waals surface area contributed by atoms with Gasteiger partial charge in [-0.05, 0) is 49.4 Å². The highest BCUT2D eigenvalue weighted by Crippen LogP contribution is 2.25. The molecule has 33 heavy (non-hydrogen) atoms. The number of amides is 2. The van der Waals surface area contributed by atoms with Crippen LogP contribution in [-0.4, -0.2) is 34.6 Å². The van der Waals surface area contributed by atoms with Crippen LogP contribution in [0.4, 0.5) is 0 Å². The molecule has 0 saturated heterocycles. The van der Waals surface area contributed by atoms with Gasteiger partial charge in [-0.2, -0.15) is 0 Å². The third-order valence-corrected chi connectivity index (χ3v) is 7.77. The molecule has 1 N–H and O–H groups in total. The maximum Gasteiger partial charge on any atom is 0.243 e. The third-order valence-electron chi connectivity index (χ3n) is 6.04. The van der Waals surface area contributed by atoms with Gasteiger partial charge in [-0.1, -0.05) is 78.9 Å². The van der Waals surface area contributed by atoms with Crippen LogP contribution >= 0.6 is 35.0 Å². The van der Waals surface area contributed by atoms with Gasteiger partial charge in [-0.3, -0.25) is 9.59 Å². The standard InChI is InChI=1S/C26H32Cl2N2O2S/c1-3-24(26(32)29-21-6-4-5-7-21)30(15-20-12-13-22(27)23(28)14-20)25(31)17-33-16-19-10-8-18(2)9-11-19/h8-14,21,24H,3-7,15-17H2,1-2H3,(H,29,32)/t24-/m1/s1. The fourth-order valence-corrected chi connectivity index (χ4v) is 5.34. The number of nitrogens with zero attached hydrogens (tertiary/aromatic N) is 1. The highest BCUT2D eigenvalue weighted by molar-refractivity contribution is 7.99. The summed E-state index contributed by atoms with van der Waals surface area (Å²) in [5.74, 6) is 0.938. The minimum Gasteiger partial charge on any atom is -0.352 e. The van der Waals surface area contributed by atoms with Gasteiger partial charge in [0.05, 0.1) is 15.8 Å². The molecule has 0 heterocycles. The Kier molecular flexibility index (Phi) is 9.96. The number of benzene rings is 2. The number of hydrogen-bond acceptors (Lipinski definition) is 3. The molecule has 2 aromatic rings. The third kappa shape index (κ3) is 7.66. The molecule has 0 bridgehead atoms. The van der Waals surface area contributed by atoms with E-state index in [4.69, 9.17) is 23.2 Å². The van der Waals surface area contributed by atoms with Gasteiger partial charge < -0.3 is 10.2 Å². The van der Waals surface area contributed by atoms with Crippen molar-refractivity contribution in [3.8, 4) is 0 Å². The Labute approximate surface area is 211 Å². The summed E-state index contributed by atoms with van der Waals surface area (Å²) in [6.45, 7) is 4.33. The van der Waals surface area contributed by atoms with E-state index in [1.54, 1.807) is 28.8 Å². The summed E-state index contributed by atoms with van der Waals surface area (Å²) >= 11 is 13.8. The summed E-state index contributed by atoms with van der Waals surface area (Å²) in [6, 6.07) is 13.4. The molecule has 3 rings (SSSR count). The van der Waals surface area contributed by atoms with Crippen LogP contribution in [0.2, 0.25) is 10.0 Å². The molecule has 0 spiro atoms. The van der Waals surface area contributed by atoms with Crippen molar-refractivity contribution in [3.63, 3.8) is 0 Å². The Morgan fingerprint density at radius 1 is 1.06 bits per heavy atom. The molecule has 1 aliphatic rings. The normalized spacial score (nSPS) is 14.8. The van der Waals surface area contributed by atoms with E-state index in [1.807, 2.05) is 13.0 Å². The molecule has 0 radical (unpaired) electrons. The number of hydrogen-bond donors (Lipinski definition) is 1. The Balaban J connectivity index is 1.71. The van der Waals surface area contributed by atoms with E-state index in [0.29, 0.717) is 28.8 Å². The molecule has 2 aromatic carbocycles. The molecule has 4 nitrogen and oxygen atoms in total. The first-order valence-electron chi connectivity index (χ1n) is 11.5. The summed E-state index contributed by atoms with van der Waals surface area (Å²) in [5, 5.41) is 4.09. The van der Waals surface area contributed by atoms with Gasteiger partial charge >= 0.3 is 0 Å². The van der Waals surface area contributed by atoms with Crippen molar-refractivity contribution in [2.45, 2.75) is 70.3 Å². The first-order chi connectivity index (χ1) is 15.9. The zero-order valence-electron chi connectivity index (χ0n) is 19.3. The van der Waals surface area contributed by atoms with Crippen LogP contribution in [0, 0.1) is 6.92 Å². The number of carbonyl (C=O) groups is 2. The maximum absolute atomic E-state index is 13.4. The van der Waals surface area contributed by atoms with E-state index in [1.165, 1.54) is 11.1 Å². The molecular weight excluding hydrogens is 475 g/mol. The topological polar surface area (TPSA) is 49.4 Å².